The van der Waals surface area contributed by atoms with E-state index in [1.807, 2.05) is 49.1 Å². The average molecular weight is 304 g/mol. The first kappa shape index (κ1) is 16.5. The highest BCUT2D eigenvalue weighted by Gasteiger charge is 2.28. The van der Waals surface area contributed by atoms with Crippen molar-refractivity contribution < 1.29 is 14.3 Å². The van der Waals surface area contributed by atoms with Crippen molar-refractivity contribution in [2.24, 2.45) is 0 Å². The zero-order chi connectivity index (χ0) is 16.1. The van der Waals surface area contributed by atoms with Crippen molar-refractivity contribution in [2.75, 3.05) is 13.1 Å². The molecule has 0 aromatic heterocycles. The lowest BCUT2D eigenvalue weighted by atomic mass is 10.0. The molecule has 0 saturated carbocycles. The van der Waals surface area contributed by atoms with Gasteiger partial charge in [0, 0.05) is 20.0 Å². The topological polar surface area (TPSA) is 58.6 Å². The first-order chi connectivity index (χ1) is 10.5. The minimum Gasteiger partial charge on any atom is -0.372 e. The highest BCUT2D eigenvalue weighted by atomic mass is 16.5. The molecule has 5 nitrogen and oxygen atoms in total. The average Bonchev–Trinajstić information content (AvgIpc) is 2.46. The summed E-state index contributed by atoms with van der Waals surface area (Å²) in [6.07, 6.45) is 0.357. The predicted octanol–water partition coefficient (Wildman–Crippen LogP) is 1.89. The maximum absolute atomic E-state index is 12.6. The summed E-state index contributed by atoms with van der Waals surface area (Å²) in [5.74, 6) is -0.0880. The van der Waals surface area contributed by atoms with Crippen molar-refractivity contribution in [2.45, 2.75) is 45.4 Å². The molecular weight excluding hydrogens is 280 g/mol. The summed E-state index contributed by atoms with van der Waals surface area (Å²) in [5.41, 5.74) is 0.945. The summed E-state index contributed by atoms with van der Waals surface area (Å²) in [6.45, 7) is 6.62. The van der Waals surface area contributed by atoms with Crippen LogP contribution in [0.15, 0.2) is 30.3 Å². The molecule has 0 unspecified atom stereocenters. The van der Waals surface area contributed by atoms with Crippen molar-refractivity contribution in [3.05, 3.63) is 35.9 Å². The number of rotatable bonds is 4. The highest BCUT2D eigenvalue weighted by Crippen LogP contribution is 2.20. The lowest BCUT2D eigenvalue weighted by molar-refractivity contribution is -0.143. The second kappa shape index (κ2) is 7.40. The van der Waals surface area contributed by atoms with E-state index in [2.05, 4.69) is 5.32 Å². The van der Waals surface area contributed by atoms with Crippen LogP contribution in [0.2, 0.25) is 0 Å². The molecule has 0 aliphatic carbocycles. The van der Waals surface area contributed by atoms with Gasteiger partial charge in [0.25, 0.3) is 0 Å². The van der Waals surface area contributed by atoms with E-state index in [-0.39, 0.29) is 36.5 Å². The summed E-state index contributed by atoms with van der Waals surface area (Å²) >= 11 is 0. The Labute approximate surface area is 131 Å². The third kappa shape index (κ3) is 4.56. The number of morpholine rings is 1. The Morgan fingerprint density at radius 3 is 2.36 bits per heavy atom. The Morgan fingerprint density at radius 1 is 1.23 bits per heavy atom. The van der Waals surface area contributed by atoms with E-state index in [4.69, 9.17) is 4.74 Å². The molecule has 1 aromatic rings. The Bertz CT molecular complexity index is 508. The van der Waals surface area contributed by atoms with Crippen LogP contribution in [0.3, 0.4) is 0 Å². The van der Waals surface area contributed by atoms with Crippen molar-refractivity contribution in [1.29, 1.82) is 0 Å². The molecule has 120 valence electrons. The Morgan fingerprint density at radius 2 is 1.82 bits per heavy atom. The van der Waals surface area contributed by atoms with Gasteiger partial charge >= 0.3 is 0 Å². The molecule has 3 atom stereocenters. The number of amides is 2. The maximum Gasteiger partial charge on any atom is 0.225 e. The largest absolute Gasteiger partial charge is 0.372 e. The fourth-order valence-corrected chi connectivity index (χ4v) is 2.87. The van der Waals surface area contributed by atoms with Gasteiger partial charge in [0.1, 0.15) is 0 Å². The molecule has 0 radical (unpaired) electrons. The van der Waals surface area contributed by atoms with Gasteiger partial charge in [-0.2, -0.15) is 0 Å². The van der Waals surface area contributed by atoms with E-state index < -0.39 is 0 Å². The molecule has 1 fully saturated rings. The molecule has 1 aliphatic heterocycles. The van der Waals surface area contributed by atoms with E-state index >= 15 is 0 Å². The number of hydrogen-bond donors (Lipinski definition) is 1. The van der Waals surface area contributed by atoms with E-state index in [1.54, 1.807) is 0 Å². The summed E-state index contributed by atoms with van der Waals surface area (Å²) in [5, 5.41) is 2.87. The van der Waals surface area contributed by atoms with Gasteiger partial charge in [-0.05, 0) is 19.4 Å². The summed E-state index contributed by atoms with van der Waals surface area (Å²) in [7, 11) is 0. The molecule has 1 heterocycles. The van der Waals surface area contributed by atoms with E-state index in [0.717, 1.165) is 5.56 Å². The summed E-state index contributed by atoms with van der Waals surface area (Å²) < 4.78 is 5.66. The first-order valence-electron chi connectivity index (χ1n) is 7.71. The molecule has 1 saturated heterocycles. The molecule has 1 N–H and O–H groups in total. The molecule has 1 aliphatic rings. The second-order valence-corrected chi connectivity index (χ2v) is 5.92. The molecule has 0 bridgehead atoms. The fourth-order valence-electron chi connectivity index (χ4n) is 2.87. The number of hydrogen-bond acceptors (Lipinski definition) is 3. The quantitative estimate of drug-likeness (QED) is 0.924. The van der Waals surface area contributed by atoms with Crippen LogP contribution in [0.4, 0.5) is 0 Å². The molecule has 2 amide bonds. The second-order valence-electron chi connectivity index (χ2n) is 5.92. The van der Waals surface area contributed by atoms with Crippen molar-refractivity contribution in [3.63, 3.8) is 0 Å². The van der Waals surface area contributed by atoms with Crippen molar-refractivity contribution in [3.8, 4) is 0 Å². The maximum atomic E-state index is 12.6. The monoisotopic (exact) mass is 304 g/mol. The van der Waals surface area contributed by atoms with E-state index in [9.17, 15) is 9.59 Å². The van der Waals surface area contributed by atoms with Crippen LogP contribution in [0, 0.1) is 0 Å². The normalized spacial score (nSPS) is 23.0. The fraction of sp³-hybridized carbons (Fsp3) is 0.529. The van der Waals surface area contributed by atoms with Gasteiger partial charge < -0.3 is 15.0 Å². The van der Waals surface area contributed by atoms with Crippen molar-refractivity contribution >= 4 is 11.8 Å². The zero-order valence-electron chi connectivity index (χ0n) is 13.4. The van der Waals surface area contributed by atoms with Crippen LogP contribution in [-0.4, -0.2) is 42.0 Å². The lowest BCUT2D eigenvalue weighted by Gasteiger charge is -2.36. The van der Waals surface area contributed by atoms with Gasteiger partial charge in [-0.1, -0.05) is 30.3 Å². The van der Waals surface area contributed by atoms with Crippen LogP contribution < -0.4 is 5.32 Å². The molecule has 5 heteroatoms. The lowest BCUT2D eigenvalue weighted by Crippen LogP contribution is -2.49. The van der Waals surface area contributed by atoms with E-state index in [1.165, 1.54) is 6.92 Å². The van der Waals surface area contributed by atoms with Crippen LogP contribution in [-0.2, 0) is 14.3 Å². The Kier molecular flexibility index (Phi) is 5.55. The number of nitrogens with one attached hydrogen (secondary N) is 1. The van der Waals surface area contributed by atoms with Crippen LogP contribution in [0.25, 0.3) is 0 Å². The SMILES string of the molecule is CC(=O)N[C@H](CC(=O)N1C[C@@H](C)O[C@H](C)C1)c1ccccc1. The van der Waals surface area contributed by atoms with Crippen molar-refractivity contribution in [1.82, 2.24) is 10.2 Å². The summed E-state index contributed by atoms with van der Waals surface area (Å²) in [4.78, 5) is 25.8. The van der Waals surface area contributed by atoms with Crippen LogP contribution in [0.5, 0.6) is 0 Å². The van der Waals surface area contributed by atoms with E-state index in [0.29, 0.717) is 13.1 Å². The standard InChI is InChI=1S/C17H24N2O3/c1-12-10-19(11-13(2)22-12)17(21)9-16(18-14(3)20)15-7-5-4-6-8-15/h4-8,12-13,16H,9-11H2,1-3H3,(H,18,20)/t12-,13-,16-/m1/s1. The third-order valence-corrected chi connectivity index (χ3v) is 3.73. The molecule has 0 spiro atoms. The predicted molar refractivity (Wildman–Crippen MR) is 84.2 cm³/mol. The first-order valence-corrected chi connectivity index (χ1v) is 7.71. The molecule has 1 aromatic carbocycles. The minimum absolute atomic E-state index is 0.0450. The molecular formula is C17H24N2O3. The zero-order valence-corrected chi connectivity index (χ0v) is 13.4. The highest BCUT2D eigenvalue weighted by molar-refractivity contribution is 5.79. The van der Waals surface area contributed by atoms with Gasteiger partial charge in [-0.15, -0.1) is 0 Å². The van der Waals surface area contributed by atoms with Crippen LogP contribution >= 0.6 is 0 Å². The number of benzene rings is 1. The molecule has 2 rings (SSSR count). The van der Waals surface area contributed by atoms with Gasteiger partial charge in [-0.3, -0.25) is 9.59 Å². The van der Waals surface area contributed by atoms with Gasteiger partial charge in [0.15, 0.2) is 0 Å². The Balaban J connectivity index is 2.06. The minimum atomic E-state index is -0.292. The summed E-state index contributed by atoms with van der Waals surface area (Å²) in [6, 6.07) is 9.30. The number of carbonyl (C=O) groups is 2. The number of nitrogens with zero attached hydrogens (tertiary/aromatic N) is 1. The van der Waals surface area contributed by atoms with Crippen LogP contribution in [0.1, 0.15) is 38.8 Å². The Hall–Kier alpha value is -1.88. The number of carbonyl (C=O) groups excluding carboxylic acids is 2. The van der Waals surface area contributed by atoms with Gasteiger partial charge in [-0.25, -0.2) is 0 Å². The smallest absolute Gasteiger partial charge is 0.225 e. The molecule has 22 heavy (non-hydrogen) atoms. The third-order valence-electron chi connectivity index (χ3n) is 3.73. The number of ether oxygens (including phenoxy) is 1. The van der Waals surface area contributed by atoms with Gasteiger partial charge in [0.05, 0.1) is 24.7 Å². The van der Waals surface area contributed by atoms with Gasteiger partial charge in [0.2, 0.25) is 11.8 Å².